The molecule has 16 heavy (non-hydrogen) atoms. The van der Waals surface area contributed by atoms with Gasteiger partial charge in [0.2, 0.25) is 5.60 Å². The summed E-state index contributed by atoms with van der Waals surface area (Å²) in [7, 11) is 0. The molecule has 1 aliphatic heterocycles. The van der Waals surface area contributed by atoms with Gasteiger partial charge in [0.05, 0.1) is 0 Å². The highest BCUT2D eigenvalue weighted by Crippen LogP contribution is 2.44. The molecule has 4 nitrogen and oxygen atoms in total. The normalized spacial score (nSPS) is 42.4. The fourth-order valence-corrected chi connectivity index (χ4v) is 2.91. The van der Waals surface area contributed by atoms with Crippen LogP contribution in [0.4, 0.5) is 0 Å². The number of ether oxygens (including phenoxy) is 2. The summed E-state index contributed by atoms with van der Waals surface area (Å²) in [5, 5.41) is 0. The van der Waals surface area contributed by atoms with Crippen molar-refractivity contribution in [1.82, 2.24) is 0 Å². The second-order valence-corrected chi connectivity index (χ2v) is 5.17. The molecule has 1 heterocycles. The minimum Gasteiger partial charge on any atom is -0.459 e. The second-order valence-electron chi connectivity index (χ2n) is 5.17. The van der Waals surface area contributed by atoms with E-state index in [4.69, 9.17) is 9.47 Å². The van der Waals surface area contributed by atoms with Crippen LogP contribution in [0.25, 0.3) is 0 Å². The van der Waals surface area contributed by atoms with Crippen molar-refractivity contribution in [3.63, 3.8) is 0 Å². The lowest BCUT2D eigenvalue weighted by Gasteiger charge is -2.33. The van der Waals surface area contributed by atoms with Crippen molar-refractivity contribution in [3.8, 4) is 0 Å². The van der Waals surface area contributed by atoms with Crippen LogP contribution >= 0.6 is 0 Å². The maximum atomic E-state index is 11.8. The van der Waals surface area contributed by atoms with E-state index in [-0.39, 0.29) is 18.0 Å². The summed E-state index contributed by atoms with van der Waals surface area (Å²) in [6.07, 6.45) is 2.77. The largest absolute Gasteiger partial charge is 0.459 e. The Kier molecular flexibility index (Phi) is 2.68. The van der Waals surface area contributed by atoms with Gasteiger partial charge in [-0.15, -0.1) is 0 Å². The average Bonchev–Trinajstić information content (AvgIpc) is 2.37. The van der Waals surface area contributed by atoms with Crippen molar-refractivity contribution >= 4 is 11.9 Å². The van der Waals surface area contributed by atoms with Crippen molar-refractivity contribution < 1.29 is 19.1 Å². The Labute approximate surface area is 95.3 Å². The molecule has 0 spiro atoms. The molecule has 4 atom stereocenters. The first-order chi connectivity index (χ1) is 7.43. The minimum absolute atomic E-state index is 0.0279. The maximum absolute atomic E-state index is 11.8. The van der Waals surface area contributed by atoms with Crippen molar-refractivity contribution in [2.45, 2.75) is 51.7 Å². The molecule has 0 aromatic rings. The fourth-order valence-electron chi connectivity index (χ4n) is 2.91. The van der Waals surface area contributed by atoms with Gasteiger partial charge in [0, 0.05) is 12.8 Å². The van der Waals surface area contributed by atoms with Crippen molar-refractivity contribution in [1.29, 1.82) is 0 Å². The lowest BCUT2D eigenvalue weighted by Crippen LogP contribution is -2.44. The zero-order valence-electron chi connectivity index (χ0n) is 9.99. The van der Waals surface area contributed by atoms with Gasteiger partial charge in [0.15, 0.2) is 0 Å². The molecule has 2 aliphatic rings. The smallest absolute Gasteiger partial charge is 0.351 e. The molecular formula is C12H18O4. The highest BCUT2D eigenvalue weighted by atomic mass is 16.6. The quantitative estimate of drug-likeness (QED) is 0.638. The number of rotatable bonds is 1. The van der Waals surface area contributed by atoms with Gasteiger partial charge in [0.1, 0.15) is 6.10 Å². The van der Waals surface area contributed by atoms with Gasteiger partial charge in [0.25, 0.3) is 0 Å². The lowest BCUT2D eigenvalue weighted by atomic mass is 9.74. The van der Waals surface area contributed by atoms with Gasteiger partial charge in [-0.3, -0.25) is 4.79 Å². The van der Waals surface area contributed by atoms with Crippen LogP contribution in [0.2, 0.25) is 0 Å². The first kappa shape index (κ1) is 11.4. The van der Waals surface area contributed by atoms with Crippen LogP contribution in [0.1, 0.15) is 40.0 Å². The molecule has 0 aromatic carbocycles. The van der Waals surface area contributed by atoms with Crippen LogP contribution in [-0.4, -0.2) is 23.6 Å². The van der Waals surface area contributed by atoms with Gasteiger partial charge in [-0.2, -0.15) is 0 Å². The number of hydrogen-bond donors (Lipinski definition) is 0. The summed E-state index contributed by atoms with van der Waals surface area (Å²) >= 11 is 0. The fraction of sp³-hybridized carbons (Fsp3) is 0.833. The molecule has 1 saturated heterocycles. The summed E-state index contributed by atoms with van der Waals surface area (Å²) < 4.78 is 10.5. The van der Waals surface area contributed by atoms with E-state index in [2.05, 4.69) is 6.92 Å². The summed E-state index contributed by atoms with van der Waals surface area (Å²) in [5.41, 5.74) is -1.06. The van der Waals surface area contributed by atoms with Gasteiger partial charge < -0.3 is 9.47 Å². The van der Waals surface area contributed by atoms with Gasteiger partial charge >= 0.3 is 11.9 Å². The van der Waals surface area contributed by atoms with E-state index in [1.807, 2.05) is 0 Å². The first-order valence-corrected chi connectivity index (χ1v) is 5.84. The van der Waals surface area contributed by atoms with Crippen molar-refractivity contribution in [2.75, 3.05) is 0 Å². The second kappa shape index (κ2) is 3.75. The van der Waals surface area contributed by atoms with E-state index >= 15 is 0 Å². The molecule has 3 unspecified atom stereocenters. The molecule has 90 valence electrons. The predicted octanol–water partition coefficient (Wildman–Crippen LogP) is 1.67. The third-order valence-corrected chi connectivity index (χ3v) is 3.78. The van der Waals surface area contributed by atoms with Crippen molar-refractivity contribution in [2.24, 2.45) is 11.8 Å². The SMILES string of the molecule is CC(=O)O[C@@]1(C)C(=O)OC2CC(C)CCC21. The van der Waals surface area contributed by atoms with Crippen LogP contribution in [0.15, 0.2) is 0 Å². The molecule has 0 radical (unpaired) electrons. The van der Waals surface area contributed by atoms with Crippen LogP contribution in [0, 0.1) is 11.8 Å². The number of carbonyl (C=O) groups is 2. The van der Waals surface area contributed by atoms with Crippen LogP contribution < -0.4 is 0 Å². The Hall–Kier alpha value is -1.06. The minimum atomic E-state index is -1.06. The van der Waals surface area contributed by atoms with E-state index in [9.17, 15) is 9.59 Å². The molecule has 1 aliphatic carbocycles. The van der Waals surface area contributed by atoms with Crippen LogP contribution in [0.5, 0.6) is 0 Å². The van der Waals surface area contributed by atoms with Crippen LogP contribution in [-0.2, 0) is 19.1 Å². The molecular weight excluding hydrogens is 208 g/mol. The first-order valence-electron chi connectivity index (χ1n) is 5.84. The molecule has 1 saturated carbocycles. The lowest BCUT2D eigenvalue weighted by molar-refractivity contribution is -0.172. The Bertz CT molecular complexity index is 325. The van der Waals surface area contributed by atoms with Crippen LogP contribution in [0.3, 0.4) is 0 Å². The number of carbonyl (C=O) groups excluding carboxylic acids is 2. The van der Waals surface area contributed by atoms with Gasteiger partial charge in [-0.25, -0.2) is 4.79 Å². The number of esters is 2. The molecule has 4 heteroatoms. The van der Waals surface area contributed by atoms with E-state index in [0.29, 0.717) is 5.92 Å². The maximum Gasteiger partial charge on any atom is 0.351 e. The average molecular weight is 226 g/mol. The third-order valence-electron chi connectivity index (χ3n) is 3.78. The predicted molar refractivity (Wildman–Crippen MR) is 56.6 cm³/mol. The zero-order chi connectivity index (χ0) is 11.9. The number of fused-ring (bicyclic) bond motifs is 1. The summed E-state index contributed by atoms with van der Waals surface area (Å²) in [4.78, 5) is 22.9. The Balaban J connectivity index is 2.20. The van der Waals surface area contributed by atoms with Gasteiger partial charge in [-0.1, -0.05) is 13.3 Å². The summed E-state index contributed by atoms with van der Waals surface area (Å²) in [6.45, 7) is 5.17. The molecule has 0 amide bonds. The highest BCUT2D eigenvalue weighted by Gasteiger charge is 2.57. The molecule has 0 aromatic heterocycles. The summed E-state index contributed by atoms with van der Waals surface area (Å²) in [5.74, 6) is -0.195. The van der Waals surface area contributed by atoms with E-state index in [1.54, 1.807) is 6.92 Å². The topological polar surface area (TPSA) is 52.6 Å². The molecule has 2 fully saturated rings. The summed E-state index contributed by atoms with van der Waals surface area (Å²) in [6, 6.07) is 0. The Morgan fingerprint density at radius 1 is 1.50 bits per heavy atom. The Morgan fingerprint density at radius 3 is 2.81 bits per heavy atom. The monoisotopic (exact) mass is 226 g/mol. The van der Waals surface area contributed by atoms with E-state index in [1.165, 1.54) is 6.92 Å². The Morgan fingerprint density at radius 2 is 2.19 bits per heavy atom. The zero-order valence-corrected chi connectivity index (χ0v) is 9.99. The number of hydrogen-bond acceptors (Lipinski definition) is 4. The molecule has 0 N–H and O–H groups in total. The van der Waals surface area contributed by atoms with E-state index < -0.39 is 11.6 Å². The van der Waals surface area contributed by atoms with Gasteiger partial charge in [-0.05, 0) is 25.7 Å². The highest BCUT2D eigenvalue weighted by molar-refractivity contribution is 5.85. The third kappa shape index (κ3) is 1.70. The molecule has 0 bridgehead atoms. The van der Waals surface area contributed by atoms with Crippen molar-refractivity contribution in [3.05, 3.63) is 0 Å². The molecule has 2 rings (SSSR count). The van der Waals surface area contributed by atoms with E-state index in [0.717, 1.165) is 19.3 Å². The standard InChI is InChI=1S/C12H18O4/c1-7-4-5-9-10(6-7)15-11(14)12(9,3)16-8(2)13/h7,9-10H,4-6H2,1-3H3/t7?,9?,10?,12-/m1/s1.